The minimum Gasteiger partial charge on any atom is -0.321 e. The fourth-order valence-corrected chi connectivity index (χ4v) is 2.32. The topological polar surface area (TPSA) is 32.9 Å². The van der Waals surface area contributed by atoms with Crippen molar-refractivity contribution in [3.63, 3.8) is 0 Å². The van der Waals surface area contributed by atoms with E-state index in [0.29, 0.717) is 5.39 Å². The van der Waals surface area contributed by atoms with Gasteiger partial charge in [0.2, 0.25) is 0 Å². The van der Waals surface area contributed by atoms with Gasteiger partial charge in [0.25, 0.3) is 5.56 Å². The number of H-pyrrole nitrogens is 1. The van der Waals surface area contributed by atoms with Crippen LogP contribution in [-0.4, -0.2) is 4.98 Å². The van der Waals surface area contributed by atoms with Crippen LogP contribution in [0.2, 0.25) is 0 Å². The highest BCUT2D eigenvalue weighted by molar-refractivity contribution is 9.10. The van der Waals surface area contributed by atoms with Gasteiger partial charge in [0.05, 0.1) is 0 Å². The molecule has 0 radical (unpaired) electrons. The monoisotopic (exact) mass is 273 g/mol. The number of nitrogens with one attached hydrogen (secondary N) is 1. The summed E-state index contributed by atoms with van der Waals surface area (Å²) in [5, 5.41) is 2.78. The summed E-state index contributed by atoms with van der Waals surface area (Å²) in [4.78, 5) is 14.8. The zero-order chi connectivity index (χ0) is 11.1. The molecule has 3 heteroatoms. The number of aromatic nitrogens is 1. The van der Waals surface area contributed by atoms with Gasteiger partial charge in [-0.05, 0) is 23.6 Å². The summed E-state index contributed by atoms with van der Waals surface area (Å²) in [5.41, 5.74) is 0.831. The van der Waals surface area contributed by atoms with Crippen LogP contribution in [0.5, 0.6) is 0 Å². The Bertz CT molecular complexity index is 746. The number of hydrogen-bond donors (Lipinski definition) is 1. The molecule has 1 N–H and O–H groups in total. The maximum absolute atomic E-state index is 11.9. The first-order valence-electron chi connectivity index (χ1n) is 4.96. The van der Waals surface area contributed by atoms with E-state index in [9.17, 15) is 4.79 Å². The number of rotatable bonds is 0. The number of benzene rings is 2. The normalized spacial score (nSPS) is 11.1. The third-order valence-corrected chi connectivity index (χ3v) is 3.18. The third kappa shape index (κ3) is 1.36. The second-order valence-corrected chi connectivity index (χ2v) is 4.61. The Morgan fingerprint density at radius 3 is 2.62 bits per heavy atom. The number of aromatic amines is 1. The van der Waals surface area contributed by atoms with Crippen LogP contribution >= 0.6 is 15.9 Å². The van der Waals surface area contributed by atoms with Crippen molar-refractivity contribution in [2.75, 3.05) is 0 Å². The molecule has 3 aromatic rings. The molecular formula is C13H8BrNO. The van der Waals surface area contributed by atoms with Crippen LogP contribution in [0.3, 0.4) is 0 Å². The lowest BCUT2D eigenvalue weighted by molar-refractivity contribution is 1.34. The Labute approximate surface area is 100 Å². The van der Waals surface area contributed by atoms with Crippen molar-refractivity contribution in [2.24, 2.45) is 0 Å². The van der Waals surface area contributed by atoms with E-state index in [-0.39, 0.29) is 5.56 Å². The molecule has 0 unspecified atom stereocenters. The van der Waals surface area contributed by atoms with Crippen molar-refractivity contribution in [3.05, 3.63) is 57.3 Å². The lowest BCUT2D eigenvalue weighted by atomic mass is 10.1. The summed E-state index contributed by atoms with van der Waals surface area (Å²) in [5.74, 6) is 0. The third-order valence-electron chi connectivity index (χ3n) is 2.69. The second kappa shape index (κ2) is 3.46. The molecule has 1 heterocycles. The molecule has 0 fully saturated rings. The number of para-hydroxylation sites is 1. The molecule has 0 spiro atoms. The molecule has 0 saturated carbocycles. The molecule has 0 atom stereocenters. The van der Waals surface area contributed by atoms with E-state index >= 15 is 0 Å². The van der Waals surface area contributed by atoms with Gasteiger partial charge < -0.3 is 4.98 Å². The van der Waals surface area contributed by atoms with E-state index in [2.05, 4.69) is 20.9 Å². The lowest BCUT2D eigenvalue weighted by Gasteiger charge is -2.03. The highest BCUT2D eigenvalue weighted by Crippen LogP contribution is 2.23. The highest BCUT2D eigenvalue weighted by Gasteiger charge is 2.04. The molecule has 0 aliphatic rings. The molecular weight excluding hydrogens is 266 g/mol. The predicted molar refractivity (Wildman–Crippen MR) is 69.8 cm³/mol. The SMILES string of the molecule is O=c1[nH]c2ccccc2c2ccc(Br)cc12. The molecule has 3 rings (SSSR count). The van der Waals surface area contributed by atoms with Crippen LogP contribution in [0.15, 0.2) is 51.7 Å². The van der Waals surface area contributed by atoms with Gasteiger partial charge in [-0.15, -0.1) is 0 Å². The van der Waals surface area contributed by atoms with Crippen molar-refractivity contribution in [3.8, 4) is 0 Å². The largest absolute Gasteiger partial charge is 0.321 e. The van der Waals surface area contributed by atoms with Crippen molar-refractivity contribution < 1.29 is 0 Å². The summed E-state index contributed by atoms with van der Waals surface area (Å²) < 4.78 is 0.917. The fraction of sp³-hybridized carbons (Fsp3) is 0. The van der Waals surface area contributed by atoms with Gasteiger partial charge in [-0.1, -0.05) is 40.2 Å². The van der Waals surface area contributed by atoms with Gasteiger partial charge in [-0.25, -0.2) is 0 Å². The van der Waals surface area contributed by atoms with Crippen LogP contribution in [0.1, 0.15) is 0 Å². The van der Waals surface area contributed by atoms with Gasteiger partial charge in [-0.2, -0.15) is 0 Å². The van der Waals surface area contributed by atoms with Crippen LogP contribution in [0.25, 0.3) is 21.7 Å². The fourth-order valence-electron chi connectivity index (χ4n) is 1.96. The predicted octanol–water partition coefficient (Wildman–Crippen LogP) is 3.44. The molecule has 0 bridgehead atoms. The molecule has 16 heavy (non-hydrogen) atoms. The molecule has 0 amide bonds. The maximum Gasteiger partial charge on any atom is 0.256 e. The molecule has 1 aromatic heterocycles. The summed E-state index contributed by atoms with van der Waals surface area (Å²) >= 11 is 3.38. The molecule has 2 nitrogen and oxygen atoms in total. The van der Waals surface area contributed by atoms with Crippen LogP contribution < -0.4 is 5.56 Å². The quantitative estimate of drug-likeness (QED) is 0.626. The summed E-state index contributed by atoms with van der Waals surface area (Å²) in [6.07, 6.45) is 0. The van der Waals surface area contributed by atoms with Crippen LogP contribution in [0, 0.1) is 0 Å². The molecule has 78 valence electrons. The average Bonchev–Trinajstić information content (AvgIpc) is 2.29. The highest BCUT2D eigenvalue weighted by atomic mass is 79.9. The van der Waals surface area contributed by atoms with Crippen LogP contribution in [-0.2, 0) is 0 Å². The zero-order valence-electron chi connectivity index (χ0n) is 8.33. The molecule has 0 saturated heterocycles. The van der Waals surface area contributed by atoms with Crippen molar-refractivity contribution in [1.29, 1.82) is 0 Å². The first kappa shape index (κ1) is 9.60. The standard InChI is InChI=1S/C13H8BrNO/c14-8-5-6-9-10-3-1-2-4-12(10)15-13(16)11(9)7-8/h1-7H,(H,15,16). The number of pyridine rings is 1. The van der Waals surface area contributed by atoms with Gasteiger partial charge in [0, 0.05) is 20.8 Å². The van der Waals surface area contributed by atoms with Gasteiger partial charge in [0.1, 0.15) is 0 Å². The van der Waals surface area contributed by atoms with Gasteiger partial charge in [0.15, 0.2) is 0 Å². The Hall–Kier alpha value is -1.61. The minimum atomic E-state index is -0.0463. The summed E-state index contributed by atoms with van der Waals surface area (Å²) in [6.45, 7) is 0. The van der Waals surface area contributed by atoms with Gasteiger partial charge >= 0.3 is 0 Å². The first-order chi connectivity index (χ1) is 7.75. The minimum absolute atomic E-state index is 0.0463. The lowest BCUT2D eigenvalue weighted by Crippen LogP contribution is -2.05. The van der Waals surface area contributed by atoms with Gasteiger partial charge in [-0.3, -0.25) is 4.79 Å². The van der Waals surface area contributed by atoms with E-state index in [1.165, 1.54) is 0 Å². The number of fused-ring (bicyclic) bond motifs is 3. The van der Waals surface area contributed by atoms with E-state index < -0.39 is 0 Å². The zero-order valence-corrected chi connectivity index (χ0v) is 9.91. The Balaban J connectivity index is 2.65. The first-order valence-corrected chi connectivity index (χ1v) is 5.75. The summed E-state index contributed by atoms with van der Waals surface area (Å²) in [6, 6.07) is 13.6. The average molecular weight is 274 g/mol. The Morgan fingerprint density at radius 2 is 1.75 bits per heavy atom. The maximum atomic E-state index is 11.9. The molecule has 2 aromatic carbocycles. The smallest absolute Gasteiger partial charge is 0.256 e. The van der Waals surface area contributed by atoms with E-state index in [1.54, 1.807) is 0 Å². The van der Waals surface area contributed by atoms with Crippen molar-refractivity contribution in [1.82, 2.24) is 4.98 Å². The Morgan fingerprint density at radius 1 is 0.938 bits per heavy atom. The molecule has 0 aliphatic carbocycles. The Kier molecular flexibility index (Phi) is 2.07. The second-order valence-electron chi connectivity index (χ2n) is 3.69. The van der Waals surface area contributed by atoms with E-state index in [4.69, 9.17) is 0 Å². The van der Waals surface area contributed by atoms with E-state index in [0.717, 1.165) is 20.8 Å². The summed E-state index contributed by atoms with van der Waals surface area (Å²) in [7, 11) is 0. The number of halogens is 1. The van der Waals surface area contributed by atoms with Crippen molar-refractivity contribution in [2.45, 2.75) is 0 Å². The van der Waals surface area contributed by atoms with E-state index in [1.807, 2.05) is 42.5 Å². The van der Waals surface area contributed by atoms with Crippen LogP contribution in [0.4, 0.5) is 0 Å². The molecule has 0 aliphatic heterocycles. The van der Waals surface area contributed by atoms with Crippen molar-refractivity contribution >= 4 is 37.6 Å². The number of hydrogen-bond acceptors (Lipinski definition) is 1.